The number of hydrogen-bond donors (Lipinski definition) is 1. The van der Waals surface area contributed by atoms with Gasteiger partial charge in [0.25, 0.3) is 17.7 Å². The number of nitrogens with one attached hydrogen (secondary N) is 1. The fourth-order valence-electron chi connectivity index (χ4n) is 4.27. The SMILES string of the molecule is CC1CCCCN1CCCNC(=O)c1ccc2c(c1)C(=O)N(c1ccccc1)C2=O. The van der Waals surface area contributed by atoms with Gasteiger partial charge in [-0.25, -0.2) is 4.90 Å². The molecule has 1 saturated heterocycles. The third-order valence-electron chi connectivity index (χ3n) is 6.01. The molecule has 0 aliphatic carbocycles. The van der Waals surface area contributed by atoms with Gasteiger partial charge in [0, 0.05) is 24.7 Å². The number of benzene rings is 2. The molecule has 0 spiro atoms. The first-order valence-corrected chi connectivity index (χ1v) is 10.7. The van der Waals surface area contributed by atoms with Gasteiger partial charge < -0.3 is 10.2 Å². The molecule has 2 aliphatic rings. The molecule has 6 nitrogen and oxygen atoms in total. The first-order chi connectivity index (χ1) is 14.6. The summed E-state index contributed by atoms with van der Waals surface area (Å²) in [7, 11) is 0. The van der Waals surface area contributed by atoms with Gasteiger partial charge in [-0.15, -0.1) is 0 Å². The number of fused-ring (bicyclic) bond motifs is 1. The highest BCUT2D eigenvalue weighted by Gasteiger charge is 2.37. The lowest BCUT2D eigenvalue weighted by Gasteiger charge is -2.33. The number of nitrogens with zero attached hydrogens (tertiary/aromatic N) is 2. The van der Waals surface area contributed by atoms with Crippen molar-refractivity contribution in [1.82, 2.24) is 10.2 Å². The van der Waals surface area contributed by atoms with Crippen molar-refractivity contribution in [3.05, 3.63) is 65.2 Å². The van der Waals surface area contributed by atoms with Crippen molar-refractivity contribution < 1.29 is 14.4 Å². The summed E-state index contributed by atoms with van der Waals surface area (Å²) in [5, 5.41) is 2.94. The normalized spacial score (nSPS) is 19.1. The topological polar surface area (TPSA) is 69.7 Å². The smallest absolute Gasteiger partial charge is 0.266 e. The van der Waals surface area contributed by atoms with Crippen molar-refractivity contribution in [1.29, 1.82) is 0 Å². The summed E-state index contributed by atoms with van der Waals surface area (Å²) in [5.41, 5.74) is 1.54. The van der Waals surface area contributed by atoms with Crippen LogP contribution < -0.4 is 10.2 Å². The molecule has 0 aromatic heterocycles. The second kappa shape index (κ2) is 8.79. The van der Waals surface area contributed by atoms with Gasteiger partial charge in [-0.05, 0) is 63.1 Å². The van der Waals surface area contributed by atoms with E-state index in [0.29, 0.717) is 29.4 Å². The predicted molar refractivity (Wildman–Crippen MR) is 116 cm³/mol. The lowest BCUT2D eigenvalue weighted by molar-refractivity contribution is 0.0923. The Morgan fingerprint density at radius 2 is 1.80 bits per heavy atom. The zero-order valence-corrected chi connectivity index (χ0v) is 17.3. The van der Waals surface area contributed by atoms with E-state index in [9.17, 15) is 14.4 Å². The molecule has 6 heteroatoms. The van der Waals surface area contributed by atoms with Gasteiger partial charge in [0.1, 0.15) is 0 Å². The molecule has 1 N–H and O–H groups in total. The van der Waals surface area contributed by atoms with Crippen molar-refractivity contribution in [2.45, 2.75) is 38.6 Å². The molecule has 2 aliphatic heterocycles. The molecular formula is C24H27N3O3. The number of carbonyl (C=O) groups is 3. The molecule has 2 aromatic carbocycles. The van der Waals surface area contributed by atoms with Gasteiger partial charge in [0.05, 0.1) is 16.8 Å². The van der Waals surface area contributed by atoms with Crippen LogP contribution in [0.15, 0.2) is 48.5 Å². The van der Waals surface area contributed by atoms with Crippen LogP contribution in [-0.4, -0.2) is 48.3 Å². The molecule has 0 radical (unpaired) electrons. The summed E-state index contributed by atoms with van der Waals surface area (Å²) in [6.07, 6.45) is 4.68. The standard InChI is InChI=1S/C24H27N3O3/c1-17-8-5-6-14-26(17)15-7-13-25-22(28)18-11-12-20-21(16-18)24(30)27(23(20)29)19-9-3-2-4-10-19/h2-4,9-12,16-17H,5-8,13-15H2,1H3,(H,25,28). The van der Waals surface area contributed by atoms with Crippen molar-refractivity contribution in [3.8, 4) is 0 Å². The summed E-state index contributed by atoms with van der Waals surface area (Å²) < 4.78 is 0. The Morgan fingerprint density at radius 3 is 2.57 bits per heavy atom. The van der Waals surface area contributed by atoms with E-state index in [2.05, 4.69) is 17.1 Å². The third-order valence-corrected chi connectivity index (χ3v) is 6.01. The van der Waals surface area contributed by atoms with Gasteiger partial charge in [0.2, 0.25) is 0 Å². The van der Waals surface area contributed by atoms with Crippen molar-refractivity contribution >= 4 is 23.4 Å². The summed E-state index contributed by atoms with van der Waals surface area (Å²) in [5.74, 6) is -0.971. The van der Waals surface area contributed by atoms with Gasteiger partial charge in [-0.1, -0.05) is 24.6 Å². The van der Waals surface area contributed by atoms with Crippen LogP contribution in [-0.2, 0) is 0 Å². The van der Waals surface area contributed by atoms with E-state index in [1.54, 1.807) is 36.4 Å². The highest BCUT2D eigenvalue weighted by Crippen LogP contribution is 2.28. The van der Waals surface area contributed by atoms with Crippen LogP contribution >= 0.6 is 0 Å². The molecule has 3 amide bonds. The Labute approximate surface area is 176 Å². The van der Waals surface area contributed by atoms with E-state index in [4.69, 9.17) is 0 Å². The fraction of sp³-hybridized carbons (Fsp3) is 0.375. The van der Waals surface area contributed by atoms with Gasteiger partial charge in [-0.3, -0.25) is 14.4 Å². The number of para-hydroxylation sites is 1. The Hall–Kier alpha value is -2.99. The van der Waals surface area contributed by atoms with Crippen LogP contribution in [0.3, 0.4) is 0 Å². The van der Waals surface area contributed by atoms with E-state index in [-0.39, 0.29) is 17.4 Å². The third kappa shape index (κ3) is 4.00. The van der Waals surface area contributed by atoms with E-state index in [1.807, 2.05) is 6.07 Å². The molecule has 1 atom stereocenters. The van der Waals surface area contributed by atoms with Crippen molar-refractivity contribution in [2.24, 2.45) is 0 Å². The monoisotopic (exact) mass is 405 g/mol. The lowest BCUT2D eigenvalue weighted by atomic mass is 10.0. The largest absolute Gasteiger partial charge is 0.352 e. The average molecular weight is 405 g/mol. The van der Waals surface area contributed by atoms with E-state index in [0.717, 1.165) is 24.4 Å². The summed E-state index contributed by atoms with van der Waals surface area (Å²) in [6.45, 7) is 4.96. The first-order valence-electron chi connectivity index (χ1n) is 10.7. The fourth-order valence-corrected chi connectivity index (χ4v) is 4.27. The second-order valence-corrected chi connectivity index (χ2v) is 8.03. The summed E-state index contributed by atoms with van der Waals surface area (Å²) >= 11 is 0. The van der Waals surface area contributed by atoms with Crippen LogP contribution in [0.2, 0.25) is 0 Å². The Bertz CT molecular complexity index is 957. The van der Waals surface area contributed by atoms with Crippen molar-refractivity contribution in [3.63, 3.8) is 0 Å². The van der Waals surface area contributed by atoms with Crippen LogP contribution in [0.1, 0.15) is 63.7 Å². The maximum absolute atomic E-state index is 12.8. The number of imide groups is 1. The summed E-state index contributed by atoms with van der Waals surface area (Å²) in [6, 6.07) is 14.2. The highest BCUT2D eigenvalue weighted by atomic mass is 16.2. The predicted octanol–water partition coefficient (Wildman–Crippen LogP) is 3.48. The Kier molecular flexibility index (Phi) is 5.95. The van der Waals surface area contributed by atoms with E-state index >= 15 is 0 Å². The molecule has 156 valence electrons. The van der Waals surface area contributed by atoms with Crippen LogP contribution in [0, 0.1) is 0 Å². The van der Waals surface area contributed by atoms with E-state index in [1.165, 1.54) is 25.3 Å². The minimum absolute atomic E-state index is 0.220. The molecule has 4 rings (SSSR count). The van der Waals surface area contributed by atoms with Crippen LogP contribution in [0.4, 0.5) is 5.69 Å². The average Bonchev–Trinajstić information content (AvgIpc) is 3.02. The number of likely N-dealkylation sites (tertiary alicyclic amines) is 1. The lowest BCUT2D eigenvalue weighted by Crippen LogP contribution is -2.39. The Morgan fingerprint density at radius 1 is 1.03 bits per heavy atom. The molecule has 0 bridgehead atoms. The van der Waals surface area contributed by atoms with E-state index < -0.39 is 5.91 Å². The maximum atomic E-state index is 12.8. The summed E-state index contributed by atoms with van der Waals surface area (Å²) in [4.78, 5) is 41.7. The molecule has 30 heavy (non-hydrogen) atoms. The maximum Gasteiger partial charge on any atom is 0.266 e. The number of amides is 3. The molecular weight excluding hydrogens is 378 g/mol. The quantitative estimate of drug-likeness (QED) is 0.590. The van der Waals surface area contributed by atoms with Crippen LogP contribution in [0.5, 0.6) is 0 Å². The molecule has 0 saturated carbocycles. The molecule has 1 fully saturated rings. The second-order valence-electron chi connectivity index (χ2n) is 8.03. The minimum Gasteiger partial charge on any atom is -0.352 e. The number of carbonyl (C=O) groups excluding carboxylic acids is 3. The Balaban J connectivity index is 1.38. The first kappa shape index (κ1) is 20.3. The van der Waals surface area contributed by atoms with Gasteiger partial charge in [0.15, 0.2) is 0 Å². The van der Waals surface area contributed by atoms with Gasteiger partial charge >= 0.3 is 0 Å². The van der Waals surface area contributed by atoms with Gasteiger partial charge in [-0.2, -0.15) is 0 Å². The number of piperidine rings is 1. The van der Waals surface area contributed by atoms with Crippen molar-refractivity contribution in [2.75, 3.05) is 24.5 Å². The highest BCUT2D eigenvalue weighted by molar-refractivity contribution is 6.34. The van der Waals surface area contributed by atoms with Crippen LogP contribution in [0.25, 0.3) is 0 Å². The number of anilines is 1. The number of hydrogen-bond acceptors (Lipinski definition) is 4. The minimum atomic E-state index is -0.394. The number of rotatable bonds is 6. The zero-order chi connectivity index (χ0) is 21.1. The molecule has 2 aromatic rings. The zero-order valence-electron chi connectivity index (χ0n) is 17.3. The molecule has 1 unspecified atom stereocenters. The molecule has 2 heterocycles.